The quantitative estimate of drug-likeness (QED) is 0.454. The monoisotopic (exact) mass is 274 g/mol. The lowest BCUT2D eigenvalue weighted by Gasteiger charge is -2.21. The van der Waals surface area contributed by atoms with E-state index >= 15 is 0 Å². The molecule has 0 N–H and O–H groups in total. The van der Waals surface area contributed by atoms with Crippen LogP contribution in [0.2, 0.25) is 0 Å². The molecule has 0 aromatic heterocycles. The Morgan fingerprint density at radius 3 is 2.30 bits per heavy atom. The fourth-order valence-corrected chi connectivity index (χ4v) is 3.45. The summed E-state index contributed by atoms with van der Waals surface area (Å²) in [4.78, 5) is 2.45. The summed E-state index contributed by atoms with van der Waals surface area (Å²) < 4.78 is 0. The molecule has 3 aromatic carbocycles. The van der Waals surface area contributed by atoms with Crippen molar-refractivity contribution in [3.8, 4) is 11.1 Å². The lowest BCUT2D eigenvalue weighted by molar-refractivity contribution is 1.08. The number of para-hydroxylation sites is 2. The van der Waals surface area contributed by atoms with Crippen LogP contribution in [0.5, 0.6) is 0 Å². The van der Waals surface area contributed by atoms with Crippen LogP contribution in [0.3, 0.4) is 0 Å². The molecular formula is C18H12NS. The van der Waals surface area contributed by atoms with Gasteiger partial charge < -0.3 is 0 Å². The molecule has 0 amide bonds. The first-order chi connectivity index (χ1) is 9.92. The van der Waals surface area contributed by atoms with Gasteiger partial charge >= 0.3 is 0 Å². The first-order valence-corrected chi connectivity index (χ1v) is 7.40. The van der Waals surface area contributed by atoms with E-state index < -0.39 is 0 Å². The molecule has 1 aliphatic heterocycles. The highest BCUT2D eigenvalue weighted by atomic mass is 32.2. The lowest BCUT2D eigenvalue weighted by Crippen LogP contribution is -2.00. The molecular weight excluding hydrogens is 262 g/mol. The fourth-order valence-electron chi connectivity index (χ4n) is 2.45. The molecule has 0 spiro atoms. The Balaban J connectivity index is 1.87. The van der Waals surface area contributed by atoms with Gasteiger partial charge in [0, 0.05) is 15.4 Å². The molecule has 0 saturated carbocycles. The van der Waals surface area contributed by atoms with Crippen molar-refractivity contribution in [2.45, 2.75) is 9.79 Å². The number of hydrogen-bond acceptors (Lipinski definition) is 1. The van der Waals surface area contributed by atoms with Crippen LogP contribution in [0.15, 0.2) is 82.6 Å². The molecule has 0 aliphatic carbocycles. The average Bonchev–Trinajstić information content (AvgIpc) is 2.53. The molecule has 0 fully saturated rings. The number of nitrogens with zero attached hydrogens (tertiary/aromatic N) is 1. The van der Waals surface area contributed by atoms with Gasteiger partial charge in [-0.3, -0.25) is 0 Å². The van der Waals surface area contributed by atoms with Crippen LogP contribution >= 0.6 is 11.8 Å². The van der Waals surface area contributed by atoms with Crippen LogP contribution in [0.1, 0.15) is 0 Å². The maximum atomic E-state index is 4.86. The largest absolute Gasteiger partial charge is 0.246 e. The first-order valence-electron chi connectivity index (χ1n) is 6.59. The summed E-state index contributed by atoms with van der Waals surface area (Å²) in [5, 5.41) is 4.86. The van der Waals surface area contributed by atoms with E-state index in [-0.39, 0.29) is 0 Å². The Morgan fingerprint density at radius 2 is 1.40 bits per heavy atom. The van der Waals surface area contributed by atoms with Crippen molar-refractivity contribution in [3.63, 3.8) is 0 Å². The summed E-state index contributed by atoms with van der Waals surface area (Å²) in [6.45, 7) is 0. The standard InChI is InChI=1S/C18H12NS/c1-2-7-13(8-3-1)14-9-6-12-17-18(14)19-15-10-4-5-11-16(15)20-17/h1-12H. The number of benzene rings is 3. The maximum absolute atomic E-state index is 4.86. The Labute approximate surface area is 122 Å². The van der Waals surface area contributed by atoms with Crippen LogP contribution in [0.25, 0.3) is 11.1 Å². The molecule has 2 heteroatoms. The maximum Gasteiger partial charge on any atom is 0.0855 e. The second kappa shape index (κ2) is 4.73. The third kappa shape index (κ3) is 1.89. The van der Waals surface area contributed by atoms with Gasteiger partial charge in [-0.05, 0) is 23.8 Å². The summed E-state index contributed by atoms with van der Waals surface area (Å²) >= 11 is 1.80. The van der Waals surface area contributed by atoms with E-state index in [1.54, 1.807) is 11.8 Å². The molecule has 0 saturated heterocycles. The van der Waals surface area contributed by atoms with E-state index in [1.807, 2.05) is 12.1 Å². The first kappa shape index (κ1) is 11.6. The third-order valence-corrected chi connectivity index (χ3v) is 4.52. The summed E-state index contributed by atoms with van der Waals surface area (Å²) in [6, 6.07) is 25.2. The smallest absolute Gasteiger partial charge is 0.0855 e. The Hall–Kier alpha value is -2.19. The normalized spacial score (nSPS) is 12.2. The molecule has 1 nitrogen and oxygen atoms in total. The van der Waals surface area contributed by atoms with Gasteiger partial charge in [-0.2, -0.15) is 0 Å². The minimum absolute atomic E-state index is 1.06. The number of fused-ring (bicyclic) bond motifs is 2. The van der Waals surface area contributed by atoms with Crippen molar-refractivity contribution in [2.75, 3.05) is 0 Å². The van der Waals surface area contributed by atoms with E-state index in [0.717, 1.165) is 11.4 Å². The zero-order chi connectivity index (χ0) is 13.4. The van der Waals surface area contributed by atoms with E-state index in [9.17, 15) is 0 Å². The molecule has 1 radical (unpaired) electrons. The van der Waals surface area contributed by atoms with Crippen molar-refractivity contribution in [2.24, 2.45) is 0 Å². The van der Waals surface area contributed by atoms with Gasteiger partial charge in [0.2, 0.25) is 0 Å². The second-order valence-electron chi connectivity index (χ2n) is 4.70. The number of rotatable bonds is 1. The average molecular weight is 274 g/mol. The van der Waals surface area contributed by atoms with Crippen molar-refractivity contribution >= 4 is 23.1 Å². The van der Waals surface area contributed by atoms with E-state index in [0.29, 0.717) is 0 Å². The molecule has 3 aromatic rings. The molecule has 95 valence electrons. The van der Waals surface area contributed by atoms with Crippen LogP contribution < -0.4 is 5.32 Å². The predicted octanol–water partition coefficient (Wildman–Crippen LogP) is 5.39. The van der Waals surface area contributed by atoms with Gasteiger partial charge in [0.25, 0.3) is 0 Å². The Bertz CT molecular complexity index is 765. The minimum atomic E-state index is 1.06. The van der Waals surface area contributed by atoms with Gasteiger partial charge in [0.15, 0.2) is 0 Å². The van der Waals surface area contributed by atoms with Gasteiger partial charge in [-0.1, -0.05) is 66.4 Å². The summed E-state index contributed by atoms with van der Waals surface area (Å²) in [6.07, 6.45) is 0. The van der Waals surface area contributed by atoms with Crippen molar-refractivity contribution in [1.82, 2.24) is 5.32 Å². The van der Waals surface area contributed by atoms with Crippen LogP contribution in [0.4, 0.5) is 11.4 Å². The molecule has 4 rings (SSSR count). The van der Waals surface area contributed by atoms with E-state index in [4.69, 9.17) is 5.32 Å². The van der Waals surface area contributed by atoms with Crippen molar-refractivity contribution in [3.05, 3.63) is 72.8 Å². The molecule has 0 bridgehead atoms. The molecule has 0 atom stereocenters. The molecule has 20 heavy (non-hydrogen) atoms. The van der Waals surface area contributed by atoms with Gasteiger partial charge in [0.05, 0.1) is 11.4 Å². The van der Waals surface area contributed by atoms with Gasteiger partial charge in [-0.25, -0.2) is 5.32 Å². The van der Waals surface area contributed by atoms with E-state index in [2.05, 4.69) is 60.7 Å². The highest BCUT2D eigenvalue weighted by Gasteiger charge is 2.19. The van der Waals surface area contributed by atoms with Gasteiger partial charge in [0.1, 0.15) is 0 Å². The summed E-state index contributed by atoms with van der Waals surface area (Å²) in [5.74, 6) is 0. The van der Waals surface area contributed by atoms with Crippen molar-refractivity contribution < 1.29 is 0 Å². The minimum Gasteiger partial charge on any atom is -0.246 e. The highest BCUT2D eigenvalue weighted by Crippen LogP contribution is 2.47. The highest BCUT2D eigenvalue weighted by molar-refractivity contribution is 7.99. The van der Waals surface area contributed by atoms with Crippen LogP contribution in [-0.4, -0.2) is 0 Å². The fraction of sp³-hybridized carbons (Fsp3) is 0. The zero-order valence-corrected chi connectivity index (χ0v) is 11.6. The van der Waals surface area contributed by atoms with Crippen LogP contribution in [-0.2, 0) is 0 Å². The second-order valence-corrected chi connectivity index (χ2v) is 5.78. The Morgan fingerprint density at radius 1 is 0.650 bits per heavy atom. The van der Waals surface area contributed by atoms with Crippen LogP contribution in [0, 0.1) is 0 Å². The predicted molar refractivity (Wildman–Crippen MR) is 83.9 cm³/mol. The summed E-state index contributed by atoms with van der Waals surface area (Å²) in [7, 11) is 0. The topological polar surface area (TPSA) is 14.1 Å². The molecule has 0 unspecified atom stereocenters. The number of hydrogen-bond donors (Lipinski definition) is 0. The summed E-state index contributed by atoms with van der Waals surface area (Å²) in [5.41, 5.74) is 4.56. The molecule has 1 aliphatic rings. The van der Waals surface area contributed by atoms with E-state index in [1.165, 1.54) is 20.9 Å². The van der Waals surface area contributed by atoms with Crippen molar-refractivity contribution in [1.29, 1.82) is 0 Å². The SMILES string of the molecule is c1ccc(-c2cccc3c2[N]c2ccccc2S3)cc1. The zero-order valence-electron chi connectivity index (χ0n) is 10.8. The Kier molecular flexibility index (Phi) is 2.75. The third-order valence-electron chi connectivity index (χ3n) is 3.40. The lowest BCUT2D eigenvalue weighted by atomic mass is 10.0. The van der Waals surface area contributed by atoms with Gasteiger partial charge in [-0.15, -0.1) is 0 Å². The molecule has 1 heterocycles.